The van der Waals surface area contributed by atoms with Crippen molar-refractivity contribution < 1.29 is 14.4 Å². The summed E-state index contributed by atoms with van der Waals surface area (Å²) in [5.41, 5.74) is 2.92. The van der Waals surface area contributed by atoms with Crippen molar-refractivity contribution in [3.8, 4) is 23.8 Å². The second-order valence-electron chi connectivity index (χ2n) is 4.53. The number of nitrogens with one attached hydrogen (secondary N) is 1. The van der Waals surface area contributed by atoms with Gasteiger partial charge in [0.1, 0.15) is 6.61 Å². The topological polar surface area (TPSA) is 98.9 Å². The Labute approximate surface area is 148 Å². The summed E-state index contributed by atoms with van der Waals surface area (Å²) in [7, 11) is 1.46. The third-order valence-electron chi connectivity index (χ3n) is 2.92. The van der Waals surface area contributed by atoms with Crippen LogP contribution in [0.5, 0.6) is 11.5 Å². The Balaban J connectivity index is 2.21. The molecule has 1 N–H and O–H groups in total. The second kappa shape index (κ2) is 8.52. The summed E-state index contributed by atoms with van der Waals surface area (Å²) in [6.45, 7) is 0.0500. The molecule has 9 heteroatoms. The van der Waals surface area contributed by atoms with Crippen LogP contribution in [-0.4, -0.2) is 29.8 Å². The van der Waals surface area contributed by atoms with Crippen molar-refractivity contribution in [2.45, 2.75) is 0 Å². The number of hydrogen-bond acceptors (Lipinski definition) is 7. The number of benzene rings is 1. The normalized spacial score (nSPS) is 10.3. The molecule has 128 valence electrons. The molecule has 0 fully saturated rings. The second-order valence-corrected chi connectivity index (χ2v) is 4.93. The van der Waals surface area contributed by atoms with Gasteiger partial charge in [0.25, 0.3) is 0 Å². The van der Waals surface area contributed by atoms with Gasteiger partial charge in [0.15, 0.2) is 11.5 Å². The fraction of sp³-hybridized carbons (Fsp3) is 0.125. The summed E-state index contributed by atoms with van der Waals surface area (Å²) in [6.07, 6.45) is 7.99. The molecule has 8 nitrogen and oxygen atoms in total. The van der Waals surface area contributed by atoms with E-state index in [0.29, 0.717) is 22.1 Å². The molecular weight excluding hydrogens is 348 g/mol. The number of halogens is 1. The molecule has 1 aromatic heterocycles. The van der Waals surface area contributed by atoms with Crippen molar-refractivity contribution >= 4 is 29.3 Å². The smallest absolute Gasteiger partial charge is 0.313 e. The number of aromatic nitrogens is 1. The van der Waals surface area contributed by atoms with E-state index < -0.39 is 4.92 Å². The highest BCUT2D eigenvalue weighted by atomic mass is 35.5. The number of terminal acetylenes is 1. The number of hydrogen-bond donors (Lipinski definition) is 1. The molecule has 0 aliphatic heterocycles. The lowest BCUT2D eigenvalue weighted by Gasteiger charge is -2.11. The van der Waals surface area contributed by atoms with E-state index in [9.17, 15) is 10.1 Å². The molecule has 0 aliphatic carbocycles. The van der Waals surface area contributed by atoms with Gasteiger partial charge in [0.2, 0.25) is 5.82 Å². The summed E-state index contributed by atoms with van der Waals surface area (Å²) in [5.74, 6) is 3.07. The van der Waals surface area contributed by atoms with E-state index in [1.807, 2.05) is 0 Å². The third kappa shape index (κ3) is 4.59. The predicted octanol–water partition coefficient (Wildman–Crippen LogP) is 3.11. The van der Waals surface area contributed by atoms with Crippen LogP contribution in [0.2, 0.25) is 5.02 Å². The lowest BCUT2D eigenvalue weighted by molar-refractivity contribution is -0.384. The standard InChI is InChI=1S/C16H13ClN4O4/c1-3-7-25-15-12(17)8-11(9-14(15)24-2)10-19-20-16-13(21(22)23)5-4-6-18-16/h1,4-6,8-10H,7H2,2H3,(H,18,20)/b19-10-. The largest absolute Gasteiger partial charge is 0.493 e. The van der Waals surface area contributed by atoms with E-state index in [2.05, 4.69) is 21.4 Å². The molecule has 1 heterocycles. The first kappa shape index (κ1) is 18.0. The van der Waals surface area contributed by atoms with Crippen LogP contribution in [0.3, 0.4) is 0 Å². The first-order valence-corrected chi connectivity index (χ1v) is 7.27. The zero-order valence-electron chi connectivity index (χ0n) is 13.1. The fourth-order valence-electron chi connectivity index (χ4n) is 1.87. The average molecular weight is 361 g/mol. The highest BCUT2D eigenvalue weighted by molar-refractivity contribution is 6.32. The Morgan fingerprint density at radius 1 is 1.56 bits per heavy atom. The van der Waals surface area contributed by atoms with Crippen LogP contribution in [-0.2, 0) is 0 Å². The Kier molecular flexibility index (Phi) is 6.14. The Morgan fingerprint density at radius 3 is 3.04 bits per heavy atom. The summed E-state index contributed by atoms with van der Waals surface area (Å²) in [6, 6.07) is 6.01. The van der Waals surface area contributed by atoms with Crippen LogP contribution in [0.25, 0.3) is 0 Å². The van der Waals surface area contributed by atoms with Gasteiger partial charge in [0, 0.05) is 12.3 Å². The summed E-state index contributed by atoms with van der Waals surface area (Å²) >= 11 is 6.15. The monoisotopic (exact) mass is 360 g/mol. The highest BCUT2D eigenvalue weighted by Crippen LogP contribution is 2.36. The van der Waals surface area contributed by atoms with Gasteiger partial charge in [-0.3, -0.25) is 15.5 Å². The van der Waals surface area contributed by atoms with Crippen LogP contribution >= 0.6 is 11.6 Å². The molecule has 2 aromatic rings. The molecule has 0 spiro atoms. The Hall–Kier alpha value is -3.31. The van der Waals surface area contributed by atoms with Crippen molar-refractivity contribution in [1.29, 1.82) is 0 Å². The van der Waals surface area contributed by atoms with Crippen LogP contribution in [0.1, 0.15) is 5.56 Å². The van der Waals surface area contributed by atoms with Gasteiger partial charge in [-0.15, -0.1) is 6.42 Å². The van der Waals surface area contributed by atoms with Gasteiger partial charge in [0.05, 0.1) is 23.3 Å². The maximum atomic E-state index is 10.9. The van der Waals surface area contributed by atoms with E-state index in [1.54, 1.807) is 12.1 Å². The molecule has 0 saturated carbocycles. The lowest BCUT2D eigenvalue weighted by Crippen LogP contribution is -2.00. The van der Waals surface area contributed by atoms with Crippen molar-refractivity contribution in [2.24, 2.45) is 5.10 Å². The van der Waals surface area contributed by atoms with Gasteiger partial charge in [-0.1, -0.05) is 17.5 Å². The maximum absolute atomic E-state index is 10.9. The zero-order valence-corrected chi connectivity index (χ0v) is 13.9. The summed E-state index contributed by atoms with van der Waals surface area (Å²) in [5, 5.41) is 15.1. The van der Waals surface area contributed by atoms with E-state index in [-0.39, 0.29) is 18.1 Å². The van der Waals surface area contributed by atoms with E-state index in [4.69, 9.17) is 27.5 Å². The van der Waals surface area contributed by atoms with E-state index in [0.717, 1.165) is 0 Å². The van der Waals surface area contributed by atoms with Crippen molar-refractivity contribution in [3.63, 3.8) is 0 Å². The van der Waals surface area contributed by atoms with Gasteiger partial charge in [-0.25, -0.2) is 4.98 Å². The Bertz CT molecular complexity index is 849. The number of hydrazone groups is 1. The number of anilines is 1. The molecule has 0 bridgehead atoms. The minimum atomic E-state index is -0.553. The number of nitrogens with zero attached hydrogens (tertiary/aromatic N) is 3. The van der Waals surface area contributed by atoms with Crippen LogP contribution in [0, 0.1) is 22.5 Å². The fourth-order valence-corrected chi connectivity index (χ4v) is 2.14. The minimum absolute atomic E-state index is 0.0239. The maximum Gasteiger partial charge on any atom is 0.313 e. The molecule has 0 radical (unpaired) electrons. The summed E-state index contributed by atoms with van der Waals surface area (Å²) in [4.78, 5) is 14.2. The molecule has 0 amide bonds. The number of nitro groups is 1. The summed E-state index contributed by atoms with van der Waals surface area (Å²) < 4.78 is 10.6. The van der Waals surface area contributed by atoms with Gasteiger partial charge >= 0.3 is 5.69 Å². The number of pyridine rings is 1. The minimum Gasteiger partial charge on any atom is -0.493 e. The quantitative estimate of drug-likeness (QED) is 0.352. The number of methoxy groups -OCH3 is 1. The van der Waals surface area contributed by atoms with E-state index >= 15 is 0 Å². The molecule has 25 heavy (non-hydrogen) atoms. The van der Waals surface area contributed by atoms with Gasteiger partial charge < -0.3 is 9.47 Å². The molecule has 2 rings (SSSR count). The molecule has 1 aromatic carbocycles. The molecular formula is C16H13ClN4O4. The number of ether oxygens (including phenoxy) is 2. The average Bonchev–Trinajstić information content (AvgIpc) is 2.60. The van der Waals surface area contributed by atoms with E-state index in [1.165, 1.54) is 31.7 Å². The first-order chi connectivity index (χ1) is 12.1. The van der Waals surface area contributed by atoms with Crippen LogP contribution in [0.4, 0.5) is 11.5 Å². The van der Waals surface area contributed by atoms with Crippen LogP contribution in [0.15, 0.2) is 35.6 Å². The molecule has 0 saturated heterocycles. The number of rotatable bonds is 7. The van der Waals surface area contributed by atoms with Crippen molar-refractivity contribution in [3.05, 3.63) is 51.2 Å². The SMILES string of the molecule is C#CCOc1c(Cl)cc(/C=N\Nc2ncccc2[N+](=O)[O-])cc1OC. The van der Waals surface area contributed by atoms with Crippen molar-refractivity contribution in [1.82, 2.24) is 4.98 Å². The molecule has 0 aliphatic rings. The van der Waals surface area contributed by atoms with Gasteiger partial charge in [-0.05, 0) is 23.8 Å². The third-order valence-corrected chi connectivity index (χ3v) is 3.20. The lowest BCUT2D eigenvalue weighted by atomic mass is 10.2. The molecule has 0 atom stereocenters. The Morgan fingerprint density at radius 2 is 2.36 bits per heavy atom. The predicted molar refractivity (Wildman–Crippen MR) is 94.4 cm³/mol. The van der Waals surface area contributed by atoms with Crippen LogP contribution < -0.4 is 14.9 Å². The zero-order chi connectivity index (χ0) is 18.2. The van der Waals surface area contributed by atoms with Crippen molar-refractivity contribution in [2.75, 3.05) is 19.1 Å². The first-order valence-electron chi connectivity index (χ1n) is 6.89. The molecule has 0 unspecified atom stereocenters. The van der Waals surface area contributed by atoms with Gasteiger partial charge in [-0.2, -0.15) is 5.10 Å². The highest BCUT2D eigenvalue weighted by Gasteiger charge is 2.13.